The van der Waals surface area contributed by atoms with Crippen molar-refractivity contribution in [2.45, 2.75) is 49.1 Å². The normalized spacial score (nSPS) is 29.1. The van der Waals surface area contributed by atoms with E-state index < -0.39 is 99.1 Å². The molecule has 6 rings (SSSR count). The lowest BCUT2D eigenvalue weighted by Gasteiger charge is -2.24. The predicted octanol–water partition coefficient (Wildman–Crippen LogP) is -3.07. The number of phosphoric acid groups is 4. The van der Waals surface area contributed by atoms with Crippen molar-refractivity contribution >= 4 is 65.4 Å². The third-order valence-corrected chi connectivity index (χ3v) is 12.9. The maximum atomic E-state index is 12.7. The first-order valence-electron chi connectivity index (χ1n) is 15.3. The van der Waals surface area contributed by atoms with Crippen LogP contribution in [0.3, 0.4) is 0 Å². The summed E-state index contributed by atoms with van der Waals surface area (Å²) in [6, 6.07) is 0. The number of methoxy groups -OCH3 is 1. The second-order valence-corrected chi connectivity index (χ2v) is 17.7. The average molecular weight is 881 g/mol. The molecule has 4 aromatic heterocycles. The second kappa shape index (κ2) is 15.5. The van der Waals surface area contributed by atoms with Gasteiger partial charge in [-0.1, -0.05) is 4.98 Å². The molecule has 2 aliphatic heterocycles. The van der Waals surface area contributed by atoms with Gasteiger partial charge in [0.2, 0.25) is 11.7 Å². The number of rotatable bonds is 15. The number of phosphoric ester groups is 3. The molecule has 3 unspecified atom stereocenters. The van der Waals surface area contributed by atoms with E-state index in [9.17, 15) is 57.7 Å². The Balaban J connectivity index is 1.09. The number of hydrogen-bond donors (Lipinski definition) is 10. The molecule has 11 atom stereocenters. The van der Waals surface area contributed by atoms with Crippen molar-refractivity contribution in [1.82, 2.24) is 34.1 Å². The molecule has 0 radical (unpaired) electrons. The van der Waals surface area contributed by atoms with Crippen LogP contribution in [-0.2, 0) is 61.7 Å². The van der Waals surface area contributed by atoms with Crippen LogP contribution in [-0.4, -0.2) is 126 Å². The lowest BCUT2D eigenvalue weighted by Crippen LogP contribution is -2.46. The maximum Gasteiger partial charge on any atom is 0.490 e. The largest absolute Gasteiger partial charge is 0.490 e. The molecular formula is C22H33N10O20P4+. The van der Waals surface area contributed by atoms with E-state index in [1.54, 1.807) is 0 Å². The van der Waals surface area contributed by atoms with Gasteiger partial charge in [-0.25, -0.2) is 37.8 Å². The molecular weight excluding hydrogens is 848 g/mol. The van der Waals surface area contributed by atoms with E-state index in [1.165, 1.54) is 28.8 Å². The van der Waals surface area contributed by atoms with Crippen LogP contribution in [0.15, 0.2) is 23.8 Å². The molecule has 0 aliphatic carbocycles. The van der Waals surface area contributed by atoms with Gasteiger partial charge in [-0.2, -0.15) is 8.62 Å². The van der Waals surface area contributed by atoms with Crippen molar-refractivity contribution in [3.8, 4) is 0 Å². The Morgan fingerprint density at radius 2 is 1.55 bits per heavy atom. The first-order valence-corrected chi connectivity index (χ1v) is 21.3. The van der Waals surface area contributed by atoms with E-state index >= 15 is 0 Å². The van der Waals surface area contributed by atoms with E-state index in [0.717, 1.165) is 18.0 Å². The van der Waals surface area contributed by atoms with Crippen LogP contribution < -0.4 is 21.6 Å². The number of imidazole rings is 2. The van der Waals surface area contributed by atoms with E-state index in [4.69, 9.17) is 34.7 Å². The van der Waals surface area contributed by atoms with Gasteiger partial charge in [0, 0.05) is 7.11 Å². The summed E-state index contributed by atoms with van der Waals surface area (Å²) >= 11 is 0. The Morgan fingerprint density at radius 1 is 0.911 bits per heavy atom. The third kappa shape index (κ3) is 8.93. The maximum absolute atomic E-state index is 12.7. The zero-order valence-corrected chi connectivity index (χ0v) is 31.9. The highest BCUT2D eigenvalue weighted by atomic mass is 31.3. The molecule has 4 aromatic rings. The van der Waals surface area contributed by atoms with E-state index in [0.29, 0.717) is 0 Å². The average Bonchev–Trinajstić information content (AvgIpc) is 3.80. The molecule has 0 aromatic carbocycles. The van der Waals surface area contributed by atoms with Crippen LogP contribution in [0, 0.1) is 0 Å². The standard InChI is InChI=1S/C22H32N10O20P4/c1-30-7-32(18-11(30)19(35)29-22(24)28-18)20-13(34)12(33)8(48-20)3-46-54(39,40)51-56(43,44)52-55(41,42)47-4-9-14(50-53(36,37)38)15(45-2)21(49-9)31-6-27-10-16(23)25-5-26-17(10)31/h5-9,12-15,20-21,33-34H,3-4H2,1-2H3,(H9-,23,24,25,26,28,29,35,36,37,38,39,40,41,42,43,44)/p+1/t8-,9-,12+,13-,14-,15+,20-,21-/m1/s1. The first kappa shape index (κ1) is 42.4. The second-order valence-electron chi connectivity index (χ2n) is 11.9. The highest BCUT2D eigenvalue weighted by Gasteiger charge is 2.52. The summed E-state index contributed by atoms with van der Waals surface area (Å²) < 4.78 is 92.4. The number of hydrogen-bond acceptors (Lipinski definition) is 21. The summed E-state index contributed by atoms with van der Waals surface area (Å²) in [5.74, 6) is -0.325. The highest BCUT2D eigenvalue weighted by molar-refractivity contribution is 7.66. The topological polar surface area (TPSA) is 434 Å². The van der Waals surface area contributed by atoms with Gasteiger partial charge in [0.1, 0.15) is 48.5 Å². The van der Waals surface area contributed by atoms with Crippen LogP contribution >= 0.6 is 31.3 Å². The number of anilines is 2. The fourth-order valence-electron chi connectivity index (χ4n) is 5.87. The molecule has 12 N–H and O–H groups in total. The molecule has 0 saturated carbocycles. The Kier molecular flexibility index (Phi) is 11.8. The van der Waals surface area contributed by atoms with Gasteiger partial charge in [0.25, 0.3) is 11.5 Å². The number of ether oxygens (including phenoxy) is 3. The number of nitrogen functional groups attached to an aromatic ring is 2. The molecule has 2 saturated heterocycles. The van der Waals surface area contributed by atoms with Crippen LogP contribution in [0.2, 0.25) is 0 Å². The number of aliphatic hydroxyl groups is 2. The highest BCUT2D eigenvalue weighted by Crippen LogP contribution is 2.68. The lowest BCUT2D eigenvalue weighted by molar-refractivity contribution is -0.745. The van der Waals surface area contributed by atoms with Gasteiger partial charge in [-0.05, 0) is 0 Å². The SMILES string of the molecule is CO[C@H]1[C@H](OP(=O)(O)O)[C@@H](COP(=O)(O)OP(=O)(O)OP(=O)(O)OC[C@H]2O[C@@H]([n+]3cn(C)c4c(=O)[nH]c(N)nc43)[C@H](O)[C@H]2O)O[C@H]1n1cnc2c(N)ncnc21. The fraction of sp³-hybridized carbons (Fsp3) is 0.545. The van der Waals surface area contributed by atoms with Crippen LogP contribution in [0.25, 0.3) is 22.3 Å². The minimum atomic E-state index is -6.08. The van der Waals surface area contributed by atoms with Gasteiger partial charge < -0.3 is 60.4 Å². The monoisotopic (exact) mass is 881 g/mol. The van der Waals surface area contributed by atoms with Gasteiger partial charge in [-0.3, -0.25) is 32.5 Å². The molecule has 0 bridgehead atoms. The number of H-pyrrole nitrogens is 1. The summed E-state index contributed by atoms with van der Waals surface area (Å²) in [5, 5.41) is 21.2. The van der Waals surface area contributed by atoms with Crippen molar-refractivity contribution in [1.29, 1.82) is 0 Å². The van der Waals surface area contributed by atoms with Crippen LogP contribution in [0.4, 0.5) is 11.8 Å². The van der Waals surface area contributed by atoms with Gasteiger partial charge in [0.15, 0.2) is 24.0 Å². The Morgan fingerprint density at radius 3 is 2.18 bits per heavy atom. The smallest absolute Gasteiger partial charge is 0.387 e. The van der Waals surface area contributed by atoms with Gasteiger partial charge in [-0.15, -0.1) is 0 Å². The van der Waals surface area contributed by atoms with E-state index in [1.807, 2.05) is 0 Å². The molecule has 56 heavy (non-hydrogen) atoms. The van der Waals surface area contributed by atoms with Gasteiger partial charge >= 0.3 is 36.9 Å². The molecule has 2 fully saturated rings. The number of nitrogens with zero attached hydrogens (tertiary/aromatic N) is 7. The zero-order chi connectivity index (χ0) is 41.1. The minimum Gasteiger partial charge on any atom is -0.387 e. The Bertz CT molecular complexity index is 2370. The van der Waals surface area contributed by atoms with Gasteiger partial charge in [0.05, 0.1) is 26.6 Å². The summed E-state index contributed by atoms with van der Waals surface area (Å²) in [6.07, 6.45) is -9.43. The number of nitrogens with two attached hydrogens (primary N) is 2. The van der Waals surface area contributed by atoms with Crippen molar-refractivity contribution in [3.05, 3.63) is 29.3 Å². The molecule has 310 valence electrons. The number of nitrogens with one attached hydrogen (secondary N) is 1. The fourth-order valence-corrected chi connectivity index (χ4v) is 9.96. The molecule has 2 aliphatic rings. The summed E-state index contributed by atoms with van der Waals surface area (Å²) in [5.41, 5.74) is 10.9. The quantitative estimate of drug-likeness (QED) is 0.0418. The minimum absolute atomic E-state index is 0.000533. The van der Waals surface area contributed by atoms with Crippen LogP contribution in [0.1, 0.15) is 12.5 Å². The van der Waals surface area contributed by atoms with Crippen molar-refractivity contribution in [2.75, 3.05) is 31.8 Å². The summed E-state index contributed by atoms with van der Waals surface area (Å²) in [7, 11) is -20.4. The molecule has 30 nitrogen and oxygen atoms in total. The number of aliphatic hydroxyl groups excluding tert-OH is 2. The number of fused-ring (bicyclic) bond motifs is 2. The third-order valence-electron chi connectivity index (χ3n) is 8.10. The lowest BCUT2D eigenvalue weighted by atomic mass is 10.1. The summed E-state index contributed by atoms with van der Waals surface area (Å²) in [4.78, 5) is 80.0. The zero-order valence-electron chi connectivity index (χ0n) is 28.3. The number of aryl methyl sites for hydroxylation is 1. The molecule has 0 spiro atoms. The van der Waals surface area contributed by atoms with Crippen LogP contribution in [0.5, 0.6) is 0 Å². The molecule has 0 amide bonds. The molecule has 34 heteroatoms. The number of aromatic amines is 1. The van der Waals surface area contributed by atoms with Crippen molar-refractivity contribution in [2.24, 2.45) is 7.05 Å². The first-order chi connectivity index (χ1) is 26.0. The Hall–Kier alpha value is -3.18. The summed E-state index contributed by atoms with van der Waals surface area (Å²) in [6.45, 7) is -2.28. The Labute approximate surface area is 310 Å². The predicted molar refractivity (Wildman–Crippen MR) is 177 cm³/mol. The van der Waals surface area contributed by atoms with Crippen molar-refractivity contribution < 1.29 is 93.9 Å². The van der Waals surface area contributed by atoms with Crippen molar-refractivity contribution in [3.63, 3.8) is 0 Å². The van der Waals surface area contributed by atoms with E-state index in [-0.39, 0.29) is 34.1 Å². The van der Waals surface area contributed by atoms with E-state index in [2.05, 4.69) is 38.1 Å². The number of aromatic nitrogens is 8. The molecule has 6 heterocycles.